The van der Waals surface area contributed by atoms with Gasteiger partial charge < -0.3 is 9.64 Å². The van der Waals surface area contributed by atoms with Gasteiger partial charge in [-0.3, -0.25) is 9.68 Å². The summed E-state index contributed by atoms with van der Waals surface area (Å²) in [6.07, 6.45) is 1.93. The molecule has 7 heteroatoms. The van der Waals surface area contributed by atoms with Gasteiger partial charge in [0.05, 0.1) is 8.07 Å². The minimum atomic E-state index is -1.42. The zero-order valence-electron chi connectivity index (χ0n) is 16.7. The summed E-state index contributed by atoms with van der Waals surface area (Å²) >= 11 is 0. The van der Waals surface area contributed by atoms with Crippen LogP contribution in [0.25, 0.3) is 0 Å². The molecule has 1 rings (SSSR count). The predicted molar refractivity (Wildman–Crippen MR) is 104 cm³/mol. The Hall–Kier alpha value is -1.86. The number of unbranched alkanes of at least 4 members (excludes halogenated alkanes) is 1. The van der Waals surface area contributed by atoms with Crippen LogP contribution in [0.1, 0.15) is 33.1 Å². The van der Waals surface area contributed by atoms with Gasteiger partial charge in [0, 0.05) is 13.5 Å². The molecule has 1 aromatic carbocycles. The molecular formula is C19H31NO5Si. The maximum absolute atomic E-state index is 12.3. The number of rotatable bonds is 9. The second kappa shape index (κ2) is 9.18. The molecule has 1 amide bonds. The fraction of sp³-hybridized carbons (Fsp3) is 0.579. The average Bonchev–Trinajstić information content (AvgIpc) is 2.62. The van der Waals surface area contributed by atoms with E-state index in [1.165, 1.54) is 24.1 Å². The van der Waals surface area contributed by atoms with Crippen molar-refractivity contribution >= 4 is 25.1 Å². The number of ether oxygens (including phenoxy) is 1. The van der Waals surface area contributed by atoms with Crippen molar-refractivity contribution in [2.75, 3.05) is 13.7 Å². The highest BCUT2D eigenvalue weighted by Gasteiger charge is 2.43. The lowest BCUT2D eigenvalue weighted by molar-refractivity contribution is -0.246. The number of amides is 1. The van der Waals surface area contributed by atoms with Crippen molar-refractivity contribution in [3.05, 3.63) is 24.3 Å². The zero-order valence-corrected chi connectivity index (χ0v) is 17.7. The van der Waals surface area contributed by atoms with Crippen LogP contribution in [-0.2, 0) is 14.5 Å². The summed E-state index contributed by atoms with van der Waals surface area (Å²) in [6.45, 7) is 10.2. The van der Waals surface area contributed by atoms with E-state index in [4.69, 9.17) is 9.99 Å². The number of benzene rings is 1. The van der Waals surface area contributed by atoms with E-state index in [9.17, 15) is 9.59 Å². The van der Waals surface area contributed by atoms with Crippen molar-refractivity contribution < 1.29 is 24.5 Å². The van der Waals surface area contributed by atoms with Crippen LogP contribution in [0.5, 0.6) is 5.75 Å². The lowest BCUT2D eigenvalue weighted by Crippen LogP contribution is -2.57. The summed E-state index contributed by atoms with van der Waals surface area (Å²) in [5, 5.41) is 10.2. The fourth-order valence-electron chi connectivity index (χ4n) is 2.44. The third-order valence-corrected chi connectivity index (χ3v) is 6.69. The third-order valence-electron chi connectivity index (χ3n) is 4.62. The highest BCUT2D eigenvalue weighted by molar-refractivity contribution is 6.88. The summed E-state index contributed by atoms with van der Waals surface area (Å²) in [4.78, 5) is 29.7. The Morgan fingerprint density at radius 3 is 2.23 bits per heavy atom. The first-order chi connectivity index (χ1) is 12.1. The standard InChI is InChI=1S/C19H31NO5Si/c1-7-8-9-17(21)20(3)19(2,18(22)25-23)14-24-15-10-12-16(13-11-15)26(4,5)6/h10-13,23H,7-9,14H2,1-6H3. The molecule has 0 aliphatic rings. The van der Waals surface area contributed by atoms with Gasteiger partial charge in [0.1, 0.15) is 12.4 Å². The van der Waals surface area contributed by atoms with Crippen molar-refractivity contribution in [1.29, 1.82) is 0 Å². The normalized spacial score (nSPS) is 13.7. The lowest BCUT2D eigenvalue weighted by Gasteiger charge is -2.35. The molecule has 0 saturated carbocycles. The number of hydrogen-bond donors (Lipinski definition) is 1. The van der Waals surface area contributed by atoms with E-state index in [2.05, 4.69) is 24.5 Å². The van der Waals surface area contributed by atoms with Gasteiger partial charge in [-0.15, -0.1) is 0 Å². The molecule has 26 heavy (non-hydrogen) atoms. The molecule has 0 aromatic heterocycles. The first kappa shape index (κ1) is 22.2. The second-order valence-corrected chi connectivity index (χ2v) is 12.8. The van der Waals surface area contributed by atoms with Crippen LogP contribution in [-0.4, -0.2) is 49.3 Å². The Kier molecular flexibility index (Phi) is 7.83. The Bertz CT molecular complexity index is 611. The van der Waals surface area contributed by atoms with Crippen LogP contribution in [0.2, 0.25) is 19.6 Å². The SMILES string of the molecule is CCCCC(=O)N(C)C(C)(COc1ccc([Si](C)(C)C)cc1)C(=O)OO. The van der Waals surface area contributed by atoms with E-state index >= 15 is 0 Å². The minimum Gasteiger partial charge on any atom is -0.491 e. The van der Waals surface area contributed by atoms with E-state index < -0.39 is 19.6 Å². The van der Waals surface area contributed by atoms with E-state index in [0.717, 1.165) is 12.8 Å². The molecular weight excluding hydrogens is 350 g/mol. The molecule has 1 unspecified atom stereocenters. The zero-order chi connectivity index (χ0) is 20.0. The van der Waals surface area contributed by atoms with Gasteiger partial charge >= 0.3 is 5.97 Å². The molecule has 0 radical (unpaired) electrons. The molecule has 1 atom stereocenters. The summed E-state index contributed by atoms with van der Waals surface area (Å²) in [7, 11) is 0.120. The lowest BCUT2D eigenvalue weighted by atomic mass is 10.0. The Morgan fingerprint density at radius 2 is 1.77 bits per heavy atom. The molecule has 0 fully saturated rings. The third kappa shape index (κ3) is 5.57. The van der Waals surface area contributed by atoms with E-state index in [0.29, 0.717) is 12.2 Å². The monoisotopic (exact) mass is 381 g/mol. The Labute approximate surface area is 157 Å². The summed E-state index contributed by atoms with van der Waals surface area (Å²) < 4.78 is 5.75. The van der Waals surface area contributed by atoms with Gasteiger partial charge in [0.25, 0.3) is 0 Å². The average molecular weight is 382 g/mol. The van der Waals surface area contributed by atoms with Gasteiger partial charge in [0.2, 0.25) is 5.91 Å². The molecule has 1 aromatic rings. The highest BCUT2D eigenvalue weighted by atomic mass is 28.3. The summed E-state index contributed by atoms with van der Waals surface area (Å²) in [5.41, 5.74) is -1.42. The largest absolute Gasteiger partial charge is 0.491 e. The van der Waals surface area contributed by atoms with Crippen molar-refractivity contribution in [2.45, 2.75) is 58.3 Å². The van der Waals surface area contributed by atoms with Crippen LogP contribution >= 0.6 is 0 Å². The summed E-state index contributed by atoms with van der Waals surface area (Å²) in [6, 6.07) is 7.77. The van der Waals surface area contributed by atoms with Crippen LogP contribution in [0.4, 0.5) is 0 Å². The number of hydrogen-bond acceptors (Lipinski definition) is 5. The van der Waals surface area contributed by atoms with Gasteiger partial charge in [-0.25, -0.2) is 4.79 Å². The Morgan fingerprint density at radius 1 is 1.19 bits per heavy atom. The number of likely N-dealkylation sites (N-methyl/N-ethyl adjacent to an activating group) is 1. The number of carbonyl (C=O) groups excluding carboxylic acids is 2. The molecule has 0 aliphatic carbocycles. The highest BCUT2D eigenvalue weighted by Crippen LogP contribution is 2.20. The van der Waals surface area contributed by atoms with Crippen LogP contribution in [0.15, 0.2) is 24.3 Å². The molecule has 0 bridgehead atoms. The minimum absolute atomic E-state index is 0.118. The molecule has 0 aliphatic heterocycles. The fourth-order valence-corrected chi connectivity index (χ4v) is 3.60. The second-order valence-electron chi connectivity index (χ2n) is 7.77. The van der Waals surface area contributed by atoms with Crippen molar-refractivity contribution in [3.63, 3.8) is 0 Å². The van der Waals surface area contributed by atoms with Crippen LogP contribution < -0.4 is 9.92 Å². The Balaban J connectivity index is 2.91. The number of carbonyl (C=O) groups is 2. The molecule has 146 valence electrons. The van der Waals surface area contributed by atoms with Crippen molar-refractivity contribution in [3.8, 4) is 5.75 Å². The molecule has 0 heterocycles. The smallest absolute Gasteiger partial charge is 0.370 e. The van der Waals surface area contributed by atoms with E-state index in [1.54, 1.807) is 0 Å². The van der Waals surface area contributed by atoms with Gasteiger partial charge in [0.15, 0.2) is 5.54 Å². The molecule has 0 saturated heterocycles. The molecule has 1 N–H and O–H groups in total. The van der Waals surface area contributed by atoms with Crippen molar-refractivity contribution in [2.24, 2.45) is 0 Å². The predicted octanol–water partition coefficient (Wildman–Crippen LogP) is 3.03. The van der Waals surface area contributed by atoms with Crippen LogP contribution in [0, 0.1) is 0 Å². The van der Waals surface area contributed by atoms with Gasteiger partial charge in [-0.1, -0.05) is 50.3 Å². The number of nitrogens with zero attached hydrogens (tertiary/aromatic N) is 1. The molecule has 0 spiro atoms. The summed E-state index contributed by atoms with van der Waals surface area (Å²) in [5.74, 6) is -0.528. The maximum atomic E-state index is 12.3. The van der Waals surface area contributed by atoms with Gasteiger partial charge in [-0.05, 0) is 25.5 Å². The topological polar surface area (TPSA) is 76.1 Å². The van der Waals surface area contributed by atoms with Crippen LogP contribution in [0.3, 0.4) is 0 Å². The maximum Gasteiger partial charge on any atom is 0.370 e. The van der Waals surface area contributed by atoms with Gasteiger partial charge in [-0.2, -0.15) is 5.26 Å². The first-order valence-corrected chi connectivity index (χ1v) is 12.4. The quantitative estimate of drug-likeness (QED) is 0.404. The van der Waals surface area contributed by atoms with E-state index in [-0.39, 0.29) is 12.5 Å². The van der Waals surface area contributed by atoms with Crippen molar-refractivity contribution in [1.82, 2.24) is 4.90 Å². The first-order valence-electron chi connectivity index (χ1n) is 8.92. The molecule has 6 nitrogen and oxygen atoms in total. The van der Waals surface area contributed by atoms with E-state index in [1.807, 2.05) is 31.2 Å².